The van der Waals surface area contributed by atoms with E-state index in [9.17, 15) is 13.2 Å². The molecule has 0 aromatic heterocycles. The van der Waals surface area contributed by atoms with Crippen molar-refractivity contribution in [2.24, 2.45) is 0 Å². The van der Waals surface area contributed by atoms with Crippen molar-refractivity contribution in [2.75, 3.05) is 30.8 Å². The van der Waals surface area contributed by atoms with Crippen LogP contribution in [0.2, 0.25) is 0 Å². The van der Waals surface area contributed by atoms with Gasteiger partial charge in [-0.1, -0.05) is 36.4 Å². The van der Waals surface area contributed by atoms with E-state index in [-0.39, 0.29) is 25.2 Å². The number of nitrogens with one attached hydrogen (secondary N) is 2. The number of carbonyl (C=O) groups is 1. The molecule has 0 saturated carbocycles. The van der Waals surface area contributed by atoms with E-state index < -0.39 is 10.0 Å². The van der Waals surface area contributed by atoms with Crippen LogP contribution in [0, 0.1) is 0 Å². The quantitative estimate of drug-likeness (QED) is 0.605. The van der Waals surface area contributed by atoms with Crippen LogP contribution in [0.4, 0.5) is 5.69 Å². The molecule has 1 unspecified atom stereocenters. The smallest absolute Gasteiger partial charge is 0.246 e. The Morgan fingerprint density at radius 2 is 1.70 bits per heavy atom. The number of amides is 1. The SMILES string of the molecule is CC(NC(=O)COCCOc1ccccc1)c1ccccc1NS(C)(=O)=O. The third-order valence-corrected chi connectivity index (χ3v) is 4.16. The summed E-state index contributed by atoms with van der Waals surface area (Å²) in [6.45, 7) is 2.29. The van der Waals surface area contributed by atoms with Crippen LogP contribution in [0.1, 0.15) is 18.5 Å². The zero-order valence-electron chi connectivity index (χ0n) is 15.3. The molecule has 0 heterocycles. The van der Waals surface area contributed by atoms with Crippen molar-refractivity contribution >= 4 is 21.6 Å². The summed E-state index contributed by atoms with van der Waals surface area (Å²) in [6.07, 6.45) is 1.08. The molecule has 0 fully saturated rings. The van der Waals surface area contributed by atoms with E-state index >= 15 is 0 Å². The predicted molar refractivity (Wildman–Crippen MR) is 104 cm³/mol. The summed E-state index contributed by atoms with van der Waals surface area (Å²) in [5, 5.41) is 2.79. The minimum absolute atomic E-state index is 0.107. The highest BCUT2D eigenvalue weighted by molar-refractivity contribution is 7.92. The molecule has 0 aliphatic rings. The van der Waals surface area contributed by atoms with E-state index in [4.69, 9.17) is 9.47 Å². The summed E-state index contributed by atoms with van der Waals surface area (Å²) >= 11 is 0. The van der Waals surface area contributed by atoms with Gasteiger partial charge in [0.2, 0.25) is 15.9 Å². The first-order chi connectivity index (χ1) is 12.8. The van der Waals surface area contributed by atoms with Gasteiger partial charge in [0.25, 0.3) is 0 Å². The minimum atomic E-state index is -3.41. The maximum absolute atomic E-state index is 12.0. The molecule has 0 radical (unpaired) electrons. The molecule has 0 saturated heterocycles. The topological polar surface area (TPSA) is 93.7 Å². The number of rotatable bonds is 10. The van der Waals surface area contributed by atoms with Crippen molar-refractivity contribution in [3.05, 3.63) is 60.2 Å². The van der Waals surface area contributed by atoms with Crippen molar-refractivity contribution in [3.63, 3.8) is 0 Å². The number of para-hydroxylation sites is 2. The average Bonchev–Trinajstić information content (AvgIpc) is 2.61. The van der Waals surface area contributed by atoms with Gasteiger partial charge in [0, 0.05) is 0 Å². The van der Waals surface area contributed by atoms with E-state index in [2.05, 4.69) is 10.0 Å². The molecular weight excluding hydrogens is 368 g/mol. The van der Waals surface area contributed by atoms with Crippen LogP contribution in [-0.4, -0.2) is 40.4 Å². The Kier molecular flexibility index (Phi) is 7.63. The maximum atomic E-state index is 12.0. The van der Waals surface area contributed by atoms with Crippen LogP contribution >= 0.6 is 0 Å². The summed E-state index contributed by atoms with van der Waals surface area (Å²) < 4.78 is 36.2. The number of hydrogen-bond donors (Lipinski definition) is 2. The highest BCUT2D eigenvalue weighted by atomic mass is 32.2. The fraction of sp³-hybridized carbons (Fsp3) is 0.316. The zero-order valence-corrected chi connectivity index (χ0v) is 16.2. The van der Waals surface area contributed by atoms with Crippen molar-refractivity contribution in [3.8, 4) is 5.75 Å². The Morgan fingerprint density at radius 3 is 2.41 bits per heavy atom. The average molecular weight is 392 g/mol. The first-order valence-electron chi connectivity index (χ1n) is 8.47. The molecule has 2 rings (SSSR count). The normalized spacial score (nSPS) is 12.2. The summed E-state index contributed by atoms with van der Waals surface area (Å²) in [5.41, 5.74) is 1.11. The summed E-state index contributed by atoms with van der Waals surface area (Å²) in [4.78, 5) is 12.0. The van der Waals surface area contributed by atoms with Gasteiger partial charge in [0.05, 0.1) is 24.6 Å². The molecule has 27 heavy (non-hydrogen) atoms. The highest BCUT2D eigenvalue weighted by Crippen LogP contribution is 2.23. The molecule has 0 aliphatic carbocycles. The third kappa shape index (κ3) is 7.67. The van der Waals surface area contributed by atoms with Crippen molar-refractivity contribution in [1.82, 2.24) is 5.32 Å². The van der Waals surface area contributed by atoms with Gasteiger partial charge in [0.1, 0.15) is 19.0 Å². The number of ether oxygens (including phenoxy) is 2. The number of hydrogen-bond acceptors (Lipinski definition) is 5. The van der Waals surface area contributed by atoms with Gasteiger partial charge >= 0.3 is 0 Å². The lowest BCUT2D eigenvalue weighted by molar-refractivity contribution is -0.126. The van der Waals surface area contributed by atoms with Crippen LogP contribution in [0.25, 0.3) is 0 Å². The lowest BCUT2D eigenvalue weighted by Gasteiger charge is -2.18. The van der Waals surface area contributed by atoms with E-state index in [1.165, 1.54) is 0 Å². The Labute approximate surface area is 159 Å². The van der Waals surface area contributed by atoms with Crippen molar-refractivity contribution in [2.45, 2.75) is 13.0 Å². The van der Waals surface area contributed by atoms with Gasteiger partial charge in [-0.2, -0.15) is 0 Å². The Morgan fingerprint density at radius 1 is 1.04 bits per heavy atom. The minimum Gasteiger partial charge on any atom is -0.491 e. The van der Waals surface area contributed by atoms with Gasteiger partial charge < -0.3 is 14.8 Å². The summed E-state index contributed by atoms with van der Waals surface area (Å²) in [7, 11) is -3.41. The van der Waals surface area contributed by atoms with Crippen LogP contribution < -0.4 is 14.8 Å². The first kappa shape index (κ1) is 20.7. The van der Waals surface area contributed by atoms with Crippen molar-refractivity contribution < 1.29 is 22.7 Å². The standard InChI is InChI=1S/C19H24N2O5S/c1-15(17-10-6-7-11-18(17)21-27(2,23)24)20-19(22)14-25-12-13-26-16-8-4-3-5-9-16/h3-11,15,21H,12-14H2,1-2H3,(H,20,22). The number of benzene rings is 2. The lowest BCUT2D eigenvalue weighted by Crippen LogP contribution is -2.31. The molecule has 0 aliphatic heterocycles. The van der Waals surface area contributed by atoms with Crippen LogP contribution in [0.15, 0.2) is 54.6 Å². The van der Waals surface area contributed by atoms with Gasteiger partial charge in [-0.25, -0.2) is 8.42 Å². The number of carbonyl (C=O) groups excluding carboxylic acids is 1. The van der Waals surface area contributed by atoms with Crippen LogP contribution in [0.5, 0.6) is 5.75 Å². The Bertz CT molecular complexity index is 840. The van der Waals surface area contributed by atoms with Gasteiger partial charge in [-0.15, -0.1) is 0 Å². The molecule has 2 aromatic rings. The van der Waals surface area contributed by atoms with E-state index in [0.29, 0.717) is 17.9 Å². The van der Waals surface area contributed by atoms with E-state index in [1.54, 1.807) is 31.2 Å². The zero-order chi connectivity index (χ0) is 19.7. The maximum Gasteiger partial charge on any atom is 0.246 e. The molecule has 0 bridgehead atoms. The number of sulfonamides is 1. The summed E-state index contributed by atoms with van der Waals surface area (Å²) in [6, 6.07) is 15.9. The molecule has 1 atom stereocenters. The van der Waals surface area contributed by atoms with E-state index in [1.807, 2.05) is 30.3 Å². The predicted octanol–water partition coefficient (Wildman–Crippen LogP) is 2.33. The highest BCUT2D eigenvalue weighted by Gasteiger charge is 2.15. The molecular formula is C19H24N2O5S. The van der Waals surface area contributed by atoms with Crippen molar-refractivity contribution in [1.29, 1.82) is 0 Å². The van der Waals surface area contributed by atoms with Gasteiger partial charge in [-0.05, 0) is 30.7 Å². The first-order valence-corrected chi connectivity index (χ1v) is 10.4. The van der Waals surface area contributed by atoms with Gasteiger partial charge in [0.15, 0.2) is 0 Å². The monoisotopic (exact) mass is 392 g/mol. The Balaban J connectivity index is 1.77. The van der Waals surface area contributed by atoms with E-state index in [0.717, 1.165) is 12.0 Å². The fourth-order valence-electron chi connectivity index (χ4n) is 2.43. The van der Waals surface area contributed by atoms with Crippen LogP contribution in [-0.2, 0) is 19.6 Å². The fourth-order valence-corrected chi connectivity index (χ4v) is 3.01. The summed E-state index contributed by atoms with van der Waals surface area (Å²) in [5.74, 6) is 0.450. The molecule has 146 valence electrons. The Hall–Kier alpha value is -2.58. The largest absolute Gasteiger partial charge is 0.491 e. The molecule has 2 aromatic carbocycles. The molecule has 0 spiro atoms. The second-order valence-corrected chi connectivity index (χ2v) is 7.71. The third-order valence-electron chi connectivity index (χ3n) is 3.57. The molecule has 1 amide bonds. The molecule has 2 N–H and O–H groups in total. The van der Waals surface area contributed by atoms with Gasteiger partial charge in [-0.3, -0.25) is 9.52 Å². The second-order valence-electron chi connectivity index (χ2n) is 5.96. The molecule has 7 nitrogen and oxygen atoms in total. The van der Waals surface area contributed by atoms with Crippen LogP contribution in [0.3, 0.4) is 0 Å². The molecule has 8 heteroatoms. The second kappa shape index (κ2) is 9.94. The number of anilines is 1. The lowest BCUT2D eigenvalue weighted by atomic mass is 10.1.